The molecule has 0 heterocycles. The van der Waals surface area contributed by atoms with E-state index < -0.39 is 19.0 Å². The summed E-state index contributed by atoms with van der Waals surface area (Å²) >= 11 is 0. The molecule has 7 heteroatoms. The third-order valence-electron chi connectivity index (χ3n) is 4.64. The molecule has 2 saturated carbocycles. The molecule has 0 saturated heterocycles. The first-order valence-electron chi connectivity index (χ1n) is 7.12. The van der Waals surface area contributed by atoms with Crippen molar-refractivity contribution in [3.8, 4) is 0 Å². The molecule has 0 spiro atoms. The van der Waals surface area contributed by atoms with Crippen LogP contribution < -0.4 is 11.3 Å². The van der Waals surface area contributed by atoms with Gasteiger partial charge in [0.25, 0.3) is 0 Å². The molecule has 0 aliphatic heterocycles. The quantitative estimate of drug-likeness (QED) is 0.411. The van der Waals surface area contributed by atoms with Crippen molar-refractivity contribution < 1.29 is 22.3 Å². The number of nitrogens with two attached hydrogens (primary N) is 1. The van der Waals surface area contributed by atoms with E-state index in [1.54, 1.807) is 0 Å². The van der Waals surface area contributed by atoms with Crippen LogP contribution in [0.2, 0.25) is 0 Å². The van der Waals surface area contributed by atoms with Crippen molar-refractivity contribution in [2.45, 2.75) is 50.5 Å². The van der Waals surface area contributed by atoms with Gasteiger partial charge in [-0.1, -0.05) is 6.42 Å². The maximum atomic E-state index is 12.7. The highest BCUT2D eigenvalue weighted by Crippen LogP contribution is 2.49. The summed E-state index contributed by atoms with van der Waals surface area (Å²) < 4.78 is 54.1. The second-order valence-corrected chi connectivity index (χ2v) is 6.11. The summed E-state index contributed by atoms with van der Waals surface area (Å²) in [5.74, 6) is 3.36. The fraction of sp³-hybridized carbons (Fsp3) is 1.00. The van der Waals surface area contributed by atoms with Crippen LogP contribution in [0.3, 0.4) is 0 Å². The fourth-order valence-corrected chi connectivity index (χ4v) is 3.62. The van der Waals surface area contributed by atoms with Crippen molar-refractivity contribution in [1.29, 1.82) is 0 Å². The Kier molecular flexibility index (Phi) is 5.25. The van der Waals surface area contributed by atoms with Crippen molar-refractivity contribution in [2.75, 3.05) is 13.2 Å². The summed E-state index contributed by atoms with van der Waals surface area (Å²) in [7, 11) is 0. The van der Waals surface area contributed by atoms with Crippen LogP contribution in [-0.4, -0.2) is 31.6 Å². The van der Waals surface area contributed by atoms with Crippen LogP contribution in [-0.2, 0) is 4.74 Å². The Bertz CT molecular complexity index is 317. The summed E-state index contributed by atoms with van der Waals surface area (Å²) in [6.45, 7) is -1.33. The van der Waals surface area contributed by atoms with Crippen molar-refractivity contribution in [2.24, 2.45) is 23.6 Å². The maximum absolute atomic E-state index is 12.7. The number of halogens is 4. The number of hydrogen-bond donors (Lipinski definition) is 2. The molecule has 2 bridgehead atoms. The van der Waals surface area contributed by atoms with Gasteiger partial charge in [-0.2, -0.15) is 8.78 Å². The van der Waals surface area contributed by atoms with Gasteiger partial charge in [0.1, 0.15) is 6.61 Å². The molecular formula is C13H22F4N2O. The number of nitrogens with one attached hydrogen (secondary N) is 1. The number of rotatable bonds is 8. The number of alkyl halides is 4. The van der Waals surface area contributed by atoms with Gasteiger partial charge in [-0.3, -0.25) is 11.3 Å². The Hall–Kier alpha value is -0.400. The largest absolute Gasteiger partial charge is 0.373 e. The van der Waals surface area contributed by atoms with Crippen LogP contribution in [0.1, 0.15) is 32.1 Å². The minimum atomic E-state index is -4.09. The monoisotopic (exact) mass is 298 g/mol. The normalized spacial score (nSPS) is 31.2. The summed E-state index contributed by atoms with van der Waals surface area (Å²) in [4.78, 5) is 0. The molecule has 4 atom stereocenters. The van der Waals surface area contributed by atoms with E-state index in [1.807, 2.05) is 0 Å². The van der Waals surface area contributed by atoms with Gasteiger partial charge in [0.15, 0.2) is 0 Å². The summed E-state index contributed by atoms with van der Waals surface area (Å²) in [6.07, 6.45) is 2.01. The number of hydrazine groups is 1. The van der Waals surface area contributed by atoms with Gasteiger partial charge in [-0.15, -0.1) is 0 Å². The Morgan fingerprint density at radius 1 is 1.25 bits per heavy atom. The van der Waals surface area contributed by atoms with Crippen molar-refractivity contribution in [3.05, 3.63) is 0 Å². The third-order valence-corrected chi connectivity index (χ3v) is 4.64. The zero-order valence-electron chi connectivity index (χ0n) is 11.3. The van der Waals surface area contributed by atoms with Crippen LogP contribution in [0.25, 0.3) is 0 Å². The molecule has 2 aliphatic carbocycles. The van der Waals surface area contributed by atoms with Crippen LogP contribution in [0.15, 0.2) is 0 Å². The van der Waals surface area contributed by atoms with E-state index >= 15 is 0 Å². The first-order chi connectivity index (χ1) is 9.42. The van der Waals surface area contributed by atoms with Crippen LogP contribution in [0, 0.1) is 17.8 Å². The number of ether oxygens (including phenoxy) is 1. The standard InChI is InChI=1S/C13H22F4N2O/c14-12(15)13(16,17)7-20-6-11(19-18)5-10-4-8-1-2-9(10)3-8/h8-12,19H,1-7,18H2. The number of fused-ring (bicyclic) bond motifs is 2. The van der Waals surface area contributed by atoms with Gasteiger partial charge in [0.2, 0.25) is 0 Å². The lowest BCUT2D eigenvalue weighted by Gasteiger charge is -2.26. The molecule has 2 aliphatic rings. The molecule has 3 nitrogen and oxygen atoms in total. The Balaban J connectivity index is 1.70. The molecule has 0 aromatic heterocycles. The van der Waals surface area contributed by atoms with E-state index in [4.69, 9.17) is 10.6 Å². The highest BCUT2D eigenvalue weighted by atomic mass is 19.3. The fourth-order valence-electron chi connectivity index (χ4n) is 3.62. The smallest absolute Gasteiger partial charge is 0.330 e. The van der Waals surface area contributed by atoms with Gasteiger partial charge >= 0.3 is 12.3 Å². The van der Waals surface area contributed by atoms with E-state index in [9.17, 15) is 17.6 Å². The SMILES string of the molecule is NNC(COCC(F)(F)C(F)F)CC1CC2CCC1C2. The Morgan fingerprint density at radius 3 is 2.50 bits per heavy atom. The number of hydrogen-bond acceptors (Lipinski definition) is 3. The molecular weight excluding hydrogens is 276 g/mol. The van der Waals surface area contributed by atoms with Gasteiger partial charge in [0, 0.05) is 6.04 Å². The molecule has 0 amide bonds. The first kappa shape index (κ1) is 16.0. The van der Waals surface area contributed by atoms with E-state index in [0.29, 0.717) is 11.8 Å². The molecule has 2 fully saturated rings. The van der Waals surface area contributed by atoms with E-state index in [-0.39, 0.29) is 12.6 Å². The van der Waals surface area contributed by atoms with Gasteiger partial charge < -0.3 is 4.74 Å². The summed E-state index contributed by atoms with van der Waals surface area (Å²) in [5.41, 5.74) is 2.55. The van der Waals surface area contributed by atoms with Crippen molar-refractivity contribution >= 4 is 0 Å². The van der Waals surface area contributed by atoms with Crippen LogP contribution in [0.5, 0.6) is 0 Å². The predicted molar refractivity (Wildman–Crippen MR) is 66.4 cm³/mol. The van der Waals surface area contributed by atoms with E-state index in [1.165, 1.54) is 19.3 Å². The van der Waals surface area contributed by atoms with E-state index in [0.717, 1.165) is 18.8 Å². The predicted octanol–water partition coefficient (Wildman–Crippen LogP) is 2.56. The Labute approximate surface area is 116 Å². The first-order valence-corrected chi connectivity index (χ1v) is 7.12. The average molecular weight is 298 g/mol. The van der Waals surface area contributed by atoms with Crippen LogP contribution >= 0.6 is 0 Å². The third kappa shape index (κ3) is 3.83. The highest BCUT2D eigenvalue weighted by molar-refractivity contribution is 4.91. The molecule has 3 N–H and O–H groups in total. The van der Waals surface area contributed by atoms with Gasteiger partial charge in [0.05, 0.1) is 6.61 Å². The topological polar surface area (TPSA) is 47.3 Å². The lowest BCUT2D eigenvalue weighted by molar-refractivity contribution is -0.167. The second-order valence-electron chi connectivity index (χ2n) is 6.11. The van der Waals surface area contributed by atoms with Crippen molar-refractivity contribution in [1.82, 2.24) is 5.43 Å². The Morgan fingerprint density at radius 2 is 2.00 bits per heavy atom. The zero-order chi connectivity index (χ0) is 14.8. The molecule has 118 valence electrons. The molecule has 4 unspecified atom stereocenters. The highest BCUT2D eigenvalue weighted by Gasteiger charge is 2.42. The second kappa shape index (κ2) is 6.58. The molecule has 2 rings (SSSR count). The summed E-state index contributed by atoms with van der Waals surface area (Å²) in [5, 5.41) is 0. The van der Waals surface area contributed by atoms with Crippen molar-refractivity contribution in [3.63, 3.8) is 0 Å². The van der Waals surface area contributed by atoms with Crippen LogP contribution in [0.4, 0.5) is 17.6 Å². The summed E-state index contributed by atoms with van der Waals surface area (Å²) in [6, 6.07) is -0.257. The maximum Gasteiger partial charge on any atom is 0.330 e. The van der Waals surface area contributed by atoms with E-state index in [2.05, 4.69) is 5.43 Å². The molecule has 0 aromatic rings. The zero-order valence-corrected chi connectivity index (χ0v) is 11.3. The lowest BCUT2D eigenvalue weighted by Crippen LogP contribution is -2.42. The average Bonchev–Trinajstić information content (AvgIpc) is 2.99. The minimum absolute atomic E-state index is 0.0628. The van der Waals surface area contributed by atoms with Gasteiger partial charge in [-0.25, -0.2) is 8.78 Å². The minimum Gasteiger partial charge on any atom is -0.373 e. The van der Waals surface area contributed by atoms with Gasteiger partial charge in [-0.05, 0) is 43.4 Å². The molecule has 0 aromatic carbocycles. The lowest BCUT2D eigenvalue weighted by atomic mass is 9.84. The molecule has 20 heavy (non-hydrogen) atoms. The molecule has 0 radical (unpaired) electrons.